The molecular weight excluding hydrogens is 365 g/mol. The topological polar surface area (TPSA) is 65.2 Å². The van der Waals surface area contributed by atoms with E-state index < -0.39 is 0 Å². The van der Waals surface area contributed by atoms with Gasteiger partial charge in [-0.05, 0) is 29.8 Å². The van der Waals surface area contributed by atoms with Crippen LogP contribution in [0.25, 0.3) is 0 Å². The van der Waals surface area contributed by atoms with Crippen molar-refractivity contribution in [1.29, 1.82) is 5.26 Å². The van der Waals surface area contributed by atoms with Crippen molar-refractivity contribution in [3.63, 3.8) is 0 Å². The summed E-state index contributed by atoms with van der Waals surface area (Å²) in [7, 11) is 0. The molecule has 0 heterocycles. The van der Waals surface area contributed by atoms with Crippen molar-refractivity contribution >= 4 is 47.1 Å². The molecule has 0 aliphatic rings. The molecular formula is C17H13Cl2N3OS. The van der Waals surface area contributed by atoms with Gasteiger partial charge in [0.2, 0.25) is 5.91 Å². The first-order valence-corrected chi connectivity index (χ1v) is 8.83. The predicted molar refractivity (Wildman–Crippen MR) is 99.5 cm³/mol. The summed E-state index contributed by atoms with van der Waals surface area (Å²) in [5, 5.41) is 13.6. The van der Waals surface area contributed by atoms with Crippen molar-refractivity contribution in [2.75, 3.05) is 5.75 Å². The van der Waals surface area contributed by atoms with E-state index in [2.05, 4.69) is 16.6 Å². The van der Waals surface area contributed by atoms with Gasteiger partial charge in [0.05, 0.1) is 28.6 Å². The van der Waals surface area contributed by atoms with E-state index in [1.807, 2.05) is 12.1 Å². The summed E-state index contributed by atoms with van der Waals surface area (Å²) in [4.78, 5) is 11.7. The number of hydrogen-bond acceptors (Lipinski definition) is 4. The van der Waals surface area contributed by atoms with Gasteiger partial charge in [-0.3, -0.25) is 4.79 Å². The molecule has 122 valence electrons. The zero-order valence-electron chi connectivity index (χ0n) is 12.5. The zero-order chi connectivity index (χ0) is 17.4. The van der Waals surface area contributed by atoms with E-state index in [0.717, 1.165) is 5.56 Å². The molecule has 1 N–H and O–H groups in total. The van der Waals surface area contributed by atoms with Crippen LogP contribution in [0, 0.1) is 11.3 Å². The van der Waals surface area contributed by atoms with Crippen LogP contribution in [-0.2, 0) is 10.5 Å². The van der Waals surface area contributed by atoms with Crippen LogP contribution in [0.2, 0.25) is 10.0 Å². The van der Waals surface area contributed by atoms with E-state index in [9.17, 15) is 4.79 Å². The van der Waals surface area contributed by atoms with E-state index in [0.29, 0.717) is 26.9 Å². The summed E-state index contributed by atoms with van der Waals surface area (Å²) in [6.07, 6.45) is 1.47. The largest absolute Gasteiger partial charge is 0.272 e. The van der Waals surface area contributed by atoms with Crippen molar-refractivity contribution in [3.05, 3.63) is 69.2 Å². The third-order valence-electron chi connectivity index (χ3n) is 2.94. The van der Waals surface area contributed by atoms with Gasteiger partial charge in [-0.25, -0.2) is 5.43 Å². The number of carbonyl (C=O) groups excluding carboxylic acids is 1. The second-order valence-corrected chi connectivity index (χ2v) is 6.59. The van der Waals surface area contributed by atoms with Crippen LogP contribution in [0.1, 0.15) is 16.7 Å². The lowest BCUT2D eigenvalue weighted by atomic mass is 10.2. The number of carbonyl (C=O) groups is 1. The van der Waals surface area contributed by atoms with Crippen LogP contribution < -0.4 is 5.43 Å². The number of benzene rings is 2. The summed E-state index contributed by atoms with van der Waals surface area (Å²) < 4.78 is 0. The average Bonchev–Trinajstić information content (AvgIpc) is 2.57. The first-order valence-electron chi connectivity index (χ1n) is 6.92. The Labute approximate surface area is 154 Å². The highest BCUT2D eigenvalue weighted by Crippen LogP contribution is 2.19. The van der Waals surface area contributed by atoms with Gasteiger partial charge in [0.25, 0.3) is 0 Å². The van der Waals surface area contributed by atoms with Gasteiger partial charge in [-0.15, -0.1) is 11.8 Å². The first kappa shape index (κ1) is 18.3. The fourth-order valence-corrected chi connectivity index (χ4v) is 2.99. The molecule has 0 saturated heterocycles. The van der Waals surface area contributed by atoms with Crippen molar-refractivity contribution < 1.29 is 4.79 Å². The van der Waals surface area contributed by atoms with Crippen LogP contribution in [-0.4, -0.2) is 17.9 Å². The number of nitrogens with zero attached hydrogens (tertiary/aromatic N) is 2. The van der Waals surface area contributed by atoms with Crippen LogP contribution in [0.3, 0.4) is 0 Å². The number of halogens is 2. The minimum absolute atomic E-state index is 0.199. The lowest BCUT2D eigenvalue weighted by Crippen LogP contribution is -2.19. The molecule has 0 unspecified atom stereocenters. The van der Waals surface area contributed by atoms with E-state index in [1.54, 1.807) is 30.3 Å². The van der Waals surface area contributed by atoms with Gasteiger partial charge in [0, 0.05) is 16.3 Å². The molecule has 2 rings (SSSR count). The van der Waals surface area contributed by atoms with Crippen molar-refractivity contribution in [1.82, 2.24) is 5.43 Å². The van der Waals surface area contributed by atoms with Gasteiger partial charge >= 0.3 is 0 Å². The average molecular weight is 378 g/mol. The van der Waals surface area contributed by atoms with Crippen LogP contribution in [0.15, 0.2) is 47.6 Å². The second-order valence-electron chi connectivity index (χ2n) is 4.76. The predicted octanol–water partition coefficient (Wildman–Crippen LogP) is 4.25. The number of nitrogens with one attached hydrogen (secondary N) is 1. The molecule has 0 aliphatic heterocycles. The van der Waals surface area contributed by atoms with Crippen molar-refractivity contribution in [2.24, 2.45) is 5.10 Å². The normalized spacial score (nSPS) is 10.5. The Hall–Kier alpha value is -2.00. The fourth-order valence-electron chi connectivity index (χ4n) is 1.75. The van der Waals surface area contributed by atoms with Crippen LogP contribution >= 0.6 is 35.0 Å². The SMILES string of the molecule is N#Cc1ccc(CSCC(=O)N/N=C\c2ccc(Cl)cc2Cl)cc1. The molecule has 0 saturated carbocycles. The van der Waals surface area contributed by atoms with E-state index in [1.165, 1.54) is 18.0 Å². The molecule has 0 radical (unpaired) electrons. The monoisotopic (exact) mass is 377 g/mol. The maximum absolute atomic E-state index is 11.7. The Morgan fingerprint density at radius 3 is 2.67 bits per heavy atom. The highest BCUT2D eigenvalue weighted by molar-refractivity contribution is 7.99. The zero-order valence-corrected chi connectivity index (χ0v) is 14.8. The van der Waals surface area contributed by atoms with Crippen molar-refractivity contribution in [2.45, 2.75) is 5.75 Å². The van der Waals surface area contributed by atoms with E-state index in [4.69, 9.17) is 28.5 Å². The Balaban J connectivity index is 1.74. The smallest absolute Gasteiger partial charge is 0.250 e. The Morgan fingerprint density at radius 2 is 2.00 bits per heavy atom. The quantitative estimate of drug-likeness (QED) is 0.604. The lowest BCUT2D eigenvalue weighted by molar-refractivity contribution is -0.118. The lowest BCUT2D eigenvalue weighted by Gasteiger charge is -2.02. The molecule has 0 aromatic heterocycles. The third kappa shape index (κ3) is 5.89. The molecule has 0 fully saturated rings. The summed E-state index contributed by atoms with van der Waals surface area (Å²) in [5.41, 5.74) is 4.81. The highest BCUT2D eigenvalue weighted by Gasteiger charge is 2.02. The summed E-state index contributed by atoms with van der Waals surface area (Å²) >= 11 is 13.3. The molecule has 1 amide bonds. The molecule has 24 heavy (non-hydrogen) atoms. The van der Waals surface area contributed by atoms with Crippen molar-refractivity contribution in [3.8, 4) is 6.07 Å². The Kier molecular flexibility index (Phi) is 7.13. The summed E-state index contributed by atoms with van der Waals surface area (Å²) in [5.74, 6) is 0.771. The van der Waals surface area contributed by atoms with Crippen LogP contribution in [0.4, 0.5) is 0 Å². The number of rotatable bonds is 6. The van der Waals surface area contributed by atoms with Gasteiger partial charge < -0.3 is 0 Å². The summed E-state index contributed by atoms with van der Waals surface area (Å²) in [6, 6.07) is 14.4. The summed E-state index contributed by atoms with van der Waals surface area (Å²) in [6.45, 7) is 0. The highest BCUT2D eigenvalue weighted by atomic mass is 35.5. The first-order chi connectivity index (χ1) is 11.6. The second kappa shape index (κ2) is 9.33. The van der Waals surface area contributed by atoms with Gasteiger partial charge in [-0.1, -0.05) is 41.4 Å². The van der Waals surface area contributed by atoms with Gasteiger partial charge in [0.1, 0.15) is 0 Å². The number of thioether (sulfide) groups is 1. The number of amides is 1. The molecule has 0 spiro atoms. The fraction of sp³-hybridized carbons (Fsp3) is 0.118. The van der Waals surface area contributed by atoms with E-state index >= 15 is 0 Å². The molecule has 2 aromatic carbocycles. The standard InChI is InChI=1S/C17H13Cl2N3OS/c18-15-6-5-14(16(19)7-15)9-21-22-17(23)11-24-10-13-3-1-12(8-20)2-4-13/h1-7,9H,10-11H2,(H,22,23)/b21-9-. The Morgan fingerprint density at radius 1 is 1.25 bits per heavy atom. The molecule has 2 aromatic rings. The molecule has 0 atom stereocenters. The molecule has 4 nitrogen and oxygen atoms in total. The minimum Gasteiger partial charge on any atom is -0.272 e. The maximum Gasteiger partial charge on any atom is 0.250 e. The third-order valence-corrected chi connectivity index (χ3v) is 4.51. The van der Waals surface area contributed by atoms with Gasteiger partial charge in [-0.2, -0.15) is 10.4 Å². The number of hydrazone groups is 1. The van der Waals surface area contributed by atoms with E-state index in [-0.39, 0.29) is 11.7 Å². The number of hydrogen-bond donors (Lipinski definition) is 1. The minimum atomic E-state index is -0.199. The van der Waals surface area contributed by atoms with Crippen LogP contribution in [0.5, 0.6) is 0 Å². The number of nitriles is 1. The maximum atomic E-state index is 11.7. The molecule has 0 aliphatic carbocycles. The molecule has 7 heteroatoms. The van der Waals surface area contributed by atoms with Gasteiger partial charge in [0.15, 0.2) is 0 Å². The molecule has 0 bridgehead atoms. The Bertz CT molecular complexity index is 785.